The number of hydrogen-bond acceptors (Lipinski definition) is 5. The van der Waals surface area contributed by atoms with Crippen molar-refractivity contribution in [2.75, 3.05) is 25.0 Å². The van der Waals surface area contributed by atoms with Gasteiger partial charge in [0.1, 0.15) is 5.75 Å². The van der Waals surface area contributed by atoms with Crippen LogP contribution >= 0.6 is 0 Å². The molecule has 2 aromatic carbocycles. The number of benzene rings is 2. The predicted octanol–water partition coefficient (Wildman–Crippen LogP) is 2.29. The van der Waals surface area contributed by atoms with Crippen molar-refractivity contribution in [3.63, 3.8) is 0 Å². The van der Waals surface area contributed by atoms with Crippen LogP contribution in [0, 0.1) is 6.92 Å². The number of aryl methyl sites for hydroxylation is 1. The van der Waals surface area contributed by atoms with E-state index in [0.717, 1.165) is 24.8 Å². The van der Waals surface area contributed by atoms with E-state index in [0.29, 0.717) is 18.8 Å². The van der Waals surface area contributed by atoms with E-state index in [1.807, 2.05) is 0 Å². The van der Waals surface area contributed by atoms with E-state index in [1.54, 1.807) is 43.3 Å². The number of hydrogen-bond donors (Lipinski definition) is 2. The molecule has 1 saturated heterocycles. The fourth-order valence-electron chi connectivity index (χ4n) is 3.27. The first kappa shape index (κ1) is 21.8. The van der Waals surface area contributed by atoms with Gasteiger partial charge >= 0.3 is 0 Å². The first-order valence-electron chi connectivity index (χ1n) is 9.71. The monoisotopic (exact) mass is 431 g/mol. The number of nitrogens with zero attached hydrogens (tertiary/aromatic N) is 1. The van der Waals surface area contributed by atoms with Crippen LogP contribution in [0.1, 0.15) is 35.2 Å². The number of nitrogens with one attached hydrogen (secondary N) is 1. The lowest BCUT2D eigenvalue weighted by molar-refractivity contribution is -0.119. The van der Waals surface area contributed by atoms with Crippen LogP contribution in [0.5, 0.6) is 5.75 Å². The number of carbonyl (C=O) groups excluding carboxylic acids is 2. The largest absolute Gasteiger partial charge is 0.483 e. The predicted molar refractivity (Wildman–Crippen MR) is 113 cm³/mol. The number of rotatable bonds is 7. The average Bonchev–Trinajstić information content (AvgIpc) is 2.74. The molecule has 2 aromatic rings. The first-order chi connectivity index (χ1) is 14.3. The van der Waals surface area contributed by atoms with E-state index in [2.05, 4.69) is 5.32 Å². The Morgan fingerprint density at radius 3 is 2.50 bits per heavy atom. The van der Waals surface area contributed by atoms with Crippen LogP contribution in [0.15, 0.2) is 47.4 Å². The SMILES string of the molecule is Cc1ccc(S(=O)(=O)N2CCCCC2)cc1NC(=O)c1ccccc1OCC(N)=O. The van der Waals surface area contributed by atoms with E-state index in [-0.39, 0.29) is 22.8 Å². The third-order valence-corrected chi connectivity index (χ3v) is 6.81. The molecule has 2 amide bonds. The molecule has 0 atom stereocenters. The van der Waals surface area contributed by atoms with E-state index in [1.165, 1.54) is 10.4 Å². The number of ether oxygens (including phenoxy) is 1. The standard InChI is InChI=1S/C21H25N3O5S/c1-15-9-10-16(30(27,28)24-11-5-2-6-12-24)13-18(15)23-21(26)17-7-3-4-8-19(17)29-14-20(22)25/h3-4,7-10,13H,2,5-6,11-12,14H2,1H3,(H2,22,25)(H,23,26). The summed E-state index contributed by atoms with van der Waals surface area (Å²) in [7, 11) is -3.62. The van der Waals surface area contributed by atoms with Gasteiger partial charge in [0.15, 0.2) is 6.61 Å². The van der Waals surface area contributed by atoms with Gasteiger partial charge in [0.2, 0.25) is 10.0 Å². The zero-order valence-corrected chi connectivity index (χ0v) is 17.6. The second-order valence-electron chi connectivity index (χ2n) is 7.15. The Morgan fingerprint density at radius 2 is 1.80 bits per heavy atom. The summed E-state index contributed by atoms with van der Waals surface area (Å²) in [5.74, 6) is -0.925. The van der Waals surface area contributed by atoms with E-state index in [4.69, 9.17) is 10.5 Å². The average molecular weight is 432 g/mol. The zero-order chi connectivity index (χ0) is 21.7. The minimum atomic E-state index is -3.62. The van der Waals surface area contributed by atoms with Crippen molar-refractivity contribution in [2.45, 2.75) is 31.1 Å². The highest BCUT2D eigenvalue weighted by molar-refractivity contribution is 7.89. The Morgan fingerprint density at radius 1 is 1.10 bits per heavy atom. The molecule has 0 spiro atoms. The summed E-state index contributed by atoms with van der Waals surface area (Å²) in [6, 6.07) is 11.1. The van der Waals surface area contributed by atoms with Crippen molar-refractivity contribution in [1.82, 2.24) is 4.31 Å². The number of para-hydroxylation sites is 1. The third kappa shape index (κ3) is 4.98. The minimum absolute atomic E-state index is 0.142. The highest BCUT2D eigenvalue weighted by Gasteiger charge is 2.26. The van der Waals surface area contributed by atoms with Gasteiger partial charge in [0, 0.05) is 18.8 Å². The van der Waals surface area contributed by atoms with Gasteiger partial charge < -0.3 is 15.8 Å². The number of primary amides is 1. The summed E-state index contributed by atoms with van der Waals surface area (Å²) in [6.45, 7) is 2.43. The molecule has 0 aliphatic carbocycles. The number of anilines is 1. The van der Waals surface area contributed by atoms with Crippen molar-refractivity contribution in [2.24, 2.45) is 5.73 Å². The molecule has 3 N–H and O–H groups in total. The summed E-state index contributed by atoms with van der Waals surface area (Å²) in [4.78, 5) is 24.0. The lowest BCUT2D eigenvalue weighted by Crippen LogP contribution is -2.35. The van der Waals surface area contributed by atoms with E-state index >= 15 is 0 Å². The summed E-state index contributed by atoms with van der Waals surface area (Å²) in [5, 5.41) is 2.75. The fourth-order valence-corrected chi connectivity index (χ4v) is 4.81. The first-order valence-corrected chi connectivity index (χ1v) is 11.2. The van der Waals surface area contributed by atoms with Crippen LogP contribution in [0.3, 0.4) is 0 Å². The summed E-state index contributed by atoms with van der Waals surface area (Å²) >= 11 is 0. The third-order valence-electron chi connectivity index (χ3n) is 4.91. The summed E-state index contributed by atoms with van der Waals surface area (Å²) in [5.41, 5.74) is 6.42. The Balaban J connectivity index is 1.84. The summed E-state index contributed by atoms with van der Waals surface area (Å²) in [6.07, 6.45) is 2.71. The zero-order valence-electron chi connectivity index (χ0n) is 16.8. The Labute approximate surface area is 176 Å². The Kier molecular flexibility index (Phi) is 6.73. The lowest BCUT2D eigenvalue weighted by Gasteiger charge is -2.26. The molecule has 1 fully saturated rings. The second-order valence-corrected chi connectivity index (χ2v) is 9.08. The molecule has 160 valence electrons. The van der Waals surface area contributed by atoms with Crippen molar-refractivity contribution in [3.8, 4) is 5.75 Å². The molecule has 30 heavy (non-hydrogen) atoms. The highest BCUT2D eigenvalue weighted by atomic mass is 32.2. The molecule has 0 unspecified atom stereocenters. The van der Waals surface area contributed by atoms with Crippen LogP contribution in [-0.2, 0) is 14.8 Å². The molecule has 9 heteroatoms. The Bertz CT molecular complexity index is 1050. The molecule has 0 saturated carbocycles. The van der Waals surface area contributed by atoms with Gasteiger partial charge in [-0.15, -0.1) is 0 Å². The summed E-state index contributed by atoms with van der Waals surface area (Å²) < 4.78 is 32.7. The van der Waals surface area contributed by atoms with Gasteiger partial charge in [-0.05, 0) is 49.6 Å². The topological polar surface area (TPSA) is 119 Å². The minimum Gasteiger partial charge on any atom is -0.483 e. The molecule has 0 bridgehead atoms. The molecule has 0 radical (unpaired) electrons. The second kappa shape index (κ2) is 9.27. The quantitative estimate of drug-likeness (QED) is 0.697. The smallest absolute Gasteiger partial charge is 0.259 e. The van der Waals surface area contributed by atoms with Crippen molar-refractivity contribution >= 4 is 27.5 Å². The van der Waals surface area contributed by atoms with Gasteiger partial charge in [-0.3, -0.25) is 9.59 Å². The maximum atomic E-state index is 13.0. The molecular weight excluding hydrogens is 406 g/mol. The lowest BCUT2D eigenvalue weighted by atomic mass is 10.1. The number of sulfonamides is 1. The van der Waals surface area contributed by atoms with Gasteiger partial charge in [0.05, 0.1) is 10.5 Å². The van der Waals surface area contributed by atoms with Gasteiger partial charge in [0.25, 0.3) is 11.8 Å². The van der Waals surface area contributed by atoms with E-state index in [9.17, 15) is 18.0 Å². The molecule has 8 nitrogen and oxygen atoms in total. The molecule has 3 rings (SSSR count). The number of piperidine rings is 1. The van der Waals surface area contributed by atoms with Crippen molar-refractivity contribution in [1.29, 1.82) is 0 Å². The highest BCUT2D eigenvalue weighted by Crippen LogP contribution is 2.26. The van der Waals surface area contributed by atoms with Gasteiger partial charge in [-0.1, -0.05) is 24.6 Å². The fraction of sp³-hybridized carbons (Fsp3) is 0.333. The maximum absolute atomic E-state index is 13.0. The van der Waals surface area contributed by atoms with Crippen LogP contribution in [0.4, 0.5) is 5.69 Å². The normalized spacial score (nSPS) is 14.8. The molecule has 1 heterocycles. The Hall–Kier alpha value is -2.91. The van der Waals surface area contributed by atoms with Gasteiger partial charge in [-0.25, -0.2) is 8.42 Å². The van der Waals surface area contributed by atoms with E-state index < -0.39 is 21.8 Å². The van der Waals surface area contributed by atoms with Crippen LogP contribution < -0.4 is 15.8 Å². The number of amides is 2. The van der Waals surface area contributed by atoms with Crippen LogP contribution in [0.2, 0.25) is 0 Å². The maximum Gasteiger partial charge on any atom is 0.259 e. The van der Waals surface area contributed by atoms with Crippen molar-refractivity contribution in [3.05, 3.63) is 53.6 Å². The number of nitrogens with two attached hydrogens (primary N) is 1. The van der Waals surface area contributed by atoms with Crippen molar-refractivity contribution < 1.29 is 22.7 Å². The molecular formula is C21H25N3O5S. The van der Waals surface area contributed by atoms with Crippen LogP contribution in [-0.4, -0.2) is 44.2 Å². The molecule has 1 aliphatic rings. The number of carbonyl (C=O) groups is 2. The van der Waals surface area contributed by atoms with Gasteiger partial charge in [-0.2, -0.15) is 4.31 Å². The van der Waals surface area contributed by atoms with Crippen LogP contribution in [0.25, 0.3) is 0 Å². The molecule has 1 aliphatic heterocycles. The molecule has 0 aromatic heterocycles.